The van der Waals surface area contributed by atoms with E-state index >= 15 is 0 Å². The van der Waals surface area contributed by atoms with Crippen molar-refractivity contribution in [2.24, 2.45) is 11.7 Å². The number of piperidine rings is 1. The van der Waals surface area contributed by atoms with E-state index in [9.17, 15) is 22.8 Å². The standard InChI is InChI=1S/C15H17Cl2N3O6S/c16-10-2-1-3-11(17)13(10)27(24,25)20-6-4-9(5-7-20)14(22)26-8-12(21)19-15(18)23/h1-3,9H,4-8H2,(H3,18,19,21,23). The van der Waals surface area contributed by atoms with E-state index in [0.29, 0.717) is 0 Å². The number of ether oxygens (including phenoxy) is 1. The number of carbonyl (C=O) groups excluding carboxylic acids is 3. The molecule has 3 N–H and O–H groups in total. The molecule has 0 aliphatic carbocycles. The van der Waals surface area contributed by atoms with E-state index in [4.69, 9.17) is 33.7 Å². The number of rotatable bonds is 5. The van der Waals surface area contributed by atoms with Crippen molar-refractivity contribution in [3.63, 3.8) is 0 Å². The van der Waals surface area contributed by atoms with E-state index in [2.05, 4.69) is 0 Å². The summed E-state index contributed by atoms with van der Waals surface area (Å²) in [7, 11) is -3.91. The van der Waals surface area contributed by atoms with Crippen molar-refractivity contribution in [1.29, 1.82) is 0 Å². The number of halogens is 2. The van der Waals surface area contributed by atoms with Crippen LogP contribution >= 0.6 is 23.2 Å². The number of benzene rings is 1. The van der Waals surface area contributed by atoms with Crippen LogP contribution in [0.15, 0.2) is 23.1 Å². The van der Waals surface area contributed by atoms with Gasteiger partial charge in [0.2, 0.25) is 10.0 Å². The number of hydrogen-bond acceptors (Lipinski definition) is 6. The molecule has 1 aliphatic heterocycles. The molecule has 1 fully saturated rings. The summed E-state index contributed by atoms with van der Waals surface area (Å²) in [6.45, 7) is -0.510. The second-order valence-electron chi connectivity index (χ2n) is 5.75. The summed E-state index contributed by atoms with van der Waals surface area (Å²) in [5.74, 6) is -2.06. The van der Waals surface area contributed by atoms with Crippen LogP contribution in [0.3, 0.4) is 0 Å². The molecule has 1 heterocycles. The normalized spacial score (nSPS) is 15.9. The van der Waals surface area contributed by atoms with Gasteiger partial charge in [-0.25, -0.2) is 13.2 Å². The third-order valence-electron chi connectivity index (χ3n) is 3.91. The highest BCUT2D eigenvalue weighted by molar-refractivity contribution is 7.89. The number of urea groups is 1. The van der Waals surface area contributed by atoms with Crippen molar-refractivity contribution in [2.45, 2.75) is 17.7 Å². The molecule has 12 heteroatoms. The summed E-state index contributed by atoms with van der Waals surface area (Å²) in [6.07, 6.45) is 0.412. The van der Waals surface area contributed by atoms with Gasteiger partial charge in [0.15, 0.2) is 6.61 Å². The summed E-state index contributed by atoms with van der Waals surface area (Å²) >= 11 is 12.0. The van der Waals surface area contributed by atoms with Gasteiger partial charge in [-0.3, -0.25) is 14.9 Å². The zero-order valence-electron chi connectivity index (χ0n) is 14.0. The van der Waals surface area contributed by atoms with Gasteiger partial charge in [0.05, 0.1) is 16.0 Å². The first-order valence-corrected chi connectivity index (χ1v) is 10.0. The molecule has 148 valence electrons. The van der Waals surface area contributed by atoms with Crippen LogP contribution in [0.2, 0.25) is 10.0 Å². The molecule has 1 aromatic carbocycles. The van der Waals surface area contributed by atoms with Gasteiger partial charge in [-0.2, -0.15) is 4.31 Å². The summed E-state index contributed by atoms with van der Waals surface area (Å²) in [6, 6.07) is 3.36. The van der Waals surface area contributed by atoms with E-state index < -0.39 is 40.5 Å². The van der Waals surface area contributed by atoms with Crippen LogP contribution in [0.1, 0.15) is 12.8 Å². The number of esters is 1. The summed E-state index contributed by atoms with van der Waals surface area (Å²) in [4.78, 5) is 33.6. The highest BCUT2D eigenvalue weighted by Crippen LogP contribution is 2.33. The quantitative estimate of drug-likeness (QED) is 0.662. The van der Waals surface area contributed by atoms with Gasteiger partial charge in [0.25, 0.3) is 5.91 Å². The Balaban J connectivity index is 1.95. The molecule has 0 aromatic heterocycles. The molecule has 0 bridgehead atoms. The highest BCUT2D eigenvalue weighted by atomic mass is 35.5. The molecule has 2 rings (SSSR count). The maximum Gasteiger partial charge on any atom is 0.318 e. The topological polar surface area (TPSA) is 136 Å². The molecule has 9 nitrogen and oxygen atoms in total. The number of primary amides is 1. The van der Waals surface area contributed by atoms with E-state index in [1.165, 1.54) is 16.4 Å². The Bertz CT molecular complexity index is 833. The second kappa shape index (κ2) is 8.87. The van der Waals surface area contributed by atoms with Crippen molar-refractivity contribution in [3.05, 3.63) is 28.2 Å². The molecule has 0 saturated carbocycles. The SMILES string of the molecule is NC(=O)NC(=O)COC(=O)C1CCN(S(=O)(=O)c2c(Cl)cccc2Cl)CC1. The van der Waals surface area contributed by atoms with Crippen LogP contribution in [0.4, 0.5) is 4.79 Å². The Labute approximate surface area is 165 Å². The Morgan fingerprint density at radius 1 is 1.19 bits per heavy atom. The number of nitrogens with two attached hydrogens (primary N) is 1. The monoisotopic (exact) mass is 437 g/mol. The lowest BCUT2D eigenvalue weighted by molar-refractivity contribution is -0.153. The average Bonchev–Trinajstić information content (AvgIpc) is 2.59. The second-order valence-corrected chi connectivity index (χ2v) is 8.44. The number of hydrogen-bond donors (Lipinski definition) is 2. The number of sulfonamides is 1. The van der Waals surface area contributed by atoms with E-state index in [1.54, 1.807) is 11.4 Å². The van der Waals surface area contributed by atoms with Gasteiger partial charge in [-0.1, -0.05) is 29.3 Å². The van der Waals surface area contributed by atoms with Crippen LogP contribution in [0.25, 0.3) is 0 Å². The highest BCUT2D eigenvalue weighted by Gasteiger charge is 2.35. The van der Waals surface area contributed by atoms with Gasteiger partial charge in [0.1, 0.15) is 4.90 Å². The lowest BCUT2D eigenvalue weighted by Crippen LogP contribution is -2.42. The van der Waals surface area contributed by atoms with Gasteiger partial charge >= 0.3 is 12.0 Å². The number of imide groups is 1. The molecular formula is C15H17Cl2N3O6S. The maximum atomic E-state index is 12.8. The van der Waals surface area contributed by atoms with Crippen LogP contribution in [-0.4, -0.2) is 50.3 Å². The molecule has 0 radical (unpaired) electrons. The Kier molecular flexibility index (Phi) is 7.04. The van der Waals surface area contributed by atoms with E-state index in [0.717, 1.165) is 0 Å². The Hall–Kier alpha value is -1.88. The fraction of sp³-hybridized carbons (Fsp3) is 0.400. The minimum atomic E-state index is -3.91. The molecular weight excluding hydrogens is 421 g/mol. The first kappa shape index (κ1) is 21.4. The zero-order chi connectivity index (χ0) is 20.2. The smallest absolute Gasteiger partial charge is 0.318 e. The van der Waals surface area contributed by atoms with Crippen LogP contribution in [0.5, 0.6) is 0 Å². The van der Waals surface area contributed by atoms with Gasteiger partial charge in [-0.15, -0.1) is 0 Å². The van der Waals surface area contributed by atoms with Crippen LogP contribution in [-0.2, 0) is 24.3 Å². The lowest BCUT2D eigenvalue weighted by Gasteiger charge is -2.30. The average molecular weight is 438 g/mol. The minimum Gasteiger partial charge on any atom is -0.455 e. The van der Waals surface area contributed by atoms with E-state index in [1.807, 2.05) is 0 Å². The predicted molar refractivity (Wildman–Crippen MR) is 96.6 cm³/mol. The largest absolute Gasteiger partial charge is 0.455 e. The van der Waals surface area contributed by atoms with Gasteiger partial charge < -0.3 is 10.5 Å². The summed E-state index contributed by atoms with van der Waals surface area (Å²) in [5, 5.41) is 1.80. The molecule has 3 amide bonds. The molecule has 0 unspecified atom stereocenters. The number of nitrogens with zero attached hydrogens (tertiary/aromatic N) is 1. The lowest BCUT2D eigenvalue weighted by atomic mass is 9.98. The van der Waals surface area contributed by atoms with Crippen molar-refractivity contribution in [3.8, 4) is 0 Å². The molecule has 0 atom stereocenters. The van der Waals surface area contributed by atoms with Crippen molar-refractivity contribution < 1.29 is 27.5 Å². The maximum absolute atomic E-state index is 12.8. The first-order chi connectivity index (χ1) is 12.6. The van der Waals surface area contributed by atoms with E-state index in [-0.39, 0.29) is 40.9 Å². The third-order valence-corrected chi connectivity index (χ3v) is 6.77. The van der Waals surface area contributed by atoms with Gasteiger partial charge in [0, 0.05) is 13.1 Å². The Morgan fingerprint density at radius 3 is 2.26 bits per heavy atom. The minimum absolute atomic E-state index is 0.0181. The molecule has 1 aliphatic rings. The molecule has 1 aromatic rings. The predicted octanol–water partition coefficient (Wildman–Crippen LogP) is 1.13. The summed E-state index contributed by atoms with van der Waals surface area (Å²) in [5.41, 5.74) is 4.78. The van der Waals surface area contributed by atoms with Crippen LogP contribution < -0.4 is 11.1 Å². The van der Waals surface area contributed by atoms with Crippen molar-refractivity contribution in [1.82, 2.24) is 9.62 Å². The Morgan fingerprint density at radius 2 is 1.74 bits per heavy atom. The van der Waals surface area contributed by atoms with Crippen LogP contribution in [0, 0.1) is 5.92 Å². The molecule has 27 heavy (non-hydrogen) atoms. The first-order valence-electron chi connectivity index (χ1n) is 7.83. The number of nitrogens with one attached hydrogen (secondary N) is 1. The fourth-order valence-corrected chi connectivity index (χ4v) is 5.18. The number of carbonyl (C=O) groups is 3. The molecule has 0 spiro atoms. The third kappa shape index (κ3) is 5.32. The van der Waals surface area contributed by atoms with Gasteiger partial charge in [-0.05, 0) is 25.0 Å². The van der Waals surface area contributed by atoms with Crippen molar-refractivity contribution in [2.75, 3.05) is 19.7 Å². The fourth-order valence-electron chi connectivity index (χ4n) is 2.62. The van der Waals surface area contributed by atoms with Crippen molar-refractivity contribution >= 4 is 51.1 Å². The number of amides is 3. The molecule has 1 saturated heterocycles. The summed E-state index contributed by atoms with van der Waals surface area (Å²) < 4.78 is 31.6. The zero-order valence-corrected chi connectivity index (χ0v) is 16.3.